The van der Waals surface area contributed by atoms with Crippen LogP contribution in [0.25, 0.3) is 0 Å². The highest BCUT2D eigenvalue weighted by atomic mass is 35.5. The molecule has 1 aliphatic heterocycles. The summed E-state index contributed by atoms with van der Waals surface area (Å²) in [7, 11) is 2.23. The van der Waals surface area contributed by atoms with E-state index in [2.05, 4.69) is 57.1 Å². The number of nitrogens with one attached hydrogen (secondary N) is 1. The van der Waals surface area contributed by atoms with Gasteiger partial charge in [-0.25, -0.2) is 0 Å². The standard InChI is InChI=1S/C18H29ClN2/c1-12(2)18(15-6-8-16(19)9-7-15)20-17-10-14(4)21(5)11-13(17)3/h6-9,12-14,17-18,20H,10-11H2,1-5H3. The van der Waals surface area contributed by atoms with Gasteiger partial charge >= 0.3 is 0 Å². The van der Waals surface area contributed by atoms with Gasteiger partial charge in [-0.05, 0) is 49.9 Å². The Balaban J connectivity index is 2.11. The molecular weight excluding hydrogens is 280 g/mol. The Labute approximate surface area is 134 Å². The Bertz CT molecular complexity index is 443. The fourth-order valence-electron chi connectivity index (χ4n) is 3.35. The topological polar surface area (TPSA) is 15.3 Å². The van der Waals surface area contributed by atoms with Crippen LogP contribution in [0.4, 0.5) is 0 Å². The molecule has 0 radical (unpaired) electrons. The molecule has 0 aromatic heterocycles. The average molecular weight is 309 g/mol. The Morgan fingerprint density at radius 2 is 1.81 bits per heavy atom. The zero-order valence-electron chi connectivity index (χ0n) is 13.9. The molecular formula is C18H29ClN2. The molecule has 1 saturated heterocycles. The van der Waals surface area contributed by atoms with E-state index < -0.39 is 0 Å². The fourth-order valence-corrected chi connectivity index (χ4v) is 3.47. The van der Waals surface area contributed by atoms with Gasteiger partial charge in [0.2, 0.25) is 0 Å². The monoisotopic (exact) mass is 308 g/mol. The van der Waals surface area contributed by atoms with Crippen LogP contribution < -0.4 is 5.32 Å². The Hall–Kier alpha value is -0.570. The third kappa shape index (κ3) is 4.21. The van der Waals surface area contributed by atoms with Gasteiger partial charge in [-0.3, -0.25) is 0 Å². The number of nitrogens with zero attached hydrogens (tertiary/aromatic N) is 1. The summed E-state index contributed by atoms with van der Waals surface area (Å²) in [5.74, 6) is 1.24. The number of likely N-dealkylation sites (tertiary alicyclic amines) is 1. The van der Waals surface area contributed by atoms with E-state index in [0.717, 1.165) is 5.02 Å². The van der Waals surface area contributed by atoms with Crippen molar-refractivity contribution in [3.05, 3.63) is 34.9 Å². The van der Waals surface area contributed by atoms with E-state index in [4.69, 9.17) is 11.6 Å². The van der Waals surface area contributed by atoms with E-state index in [1.165, 1.54) is 18.5 Å². The first-order valence-electron chi connectivity index (χ1n) is 8.10. The highest BCUT2D eigenvalue weighted by molar-refractivity contribution is 6.30. The molecule has 0 aliphatic carbocycles. The summed E-state index contributed by atoms with van der Waals surface area (Å²) in [5, 5.41) is 4.73. The summed E-state index contributed by atoms with van der Waals surface area (Å²) in [4.78, 5) is 2.47. The van der Waals surface area contributed by atoms with Crippen molar-refractivity contribution in [2.24, 2.45) is 11.8 Å². The molecule has 4 unspecified atom stereocenters. The van der Waals surface area contributed by atoms with Gasteiger partial charge in [0.05, 0.1) is 0 Å². The van der Waals surface area contributed by atoms with Gasteiger partial charge in [-0.15, -0.1) is 0 Å². The lowest BCUT2D eigenvalue weighted by atomic mass is 9.87. The van der Waals surface area contributed by atoms with Gasteiger partial charge in [0, 0.05) is 29.7 Å². The van der Waals surface area contributed by atoms with E-state index in [-0.39, 0.29) is 0 Å². The quantitative estimate of drug-likeness (QED) is 0.889. The molecule has 0 amide bonds. The first-order valence-corrected chi connectivity index (χ1v) is 8.48. The zero-order chi connectivity index (χ0) is 15.6. The minimum Gasteiger partial charge on any atom is -0.307 e. The van der Waals surface area contributed by atoms with Crippen LogP contribution in [-0.2, 0) is 0 Å². The van der Waals surface area contributed by atoms with Gasteiger partial charge in [-0.2, -0.15) is 0 Å². The molecule has 0 bridgehead atoms. The highest BCUT2D eigenvalue weighted by Crippen LogP contribution is 2.28. The van der Waals surface area contributed by atoms with Crippen molar-refractivity contribution in [1.29, 1.82) is 0 Å². The van der Waals surface area contributed by atoms with Gasteiger partial charge in [0.1, 0.15) is 0 Å². The lowest BCUT2D eigenvalue weighted by Crippen LogP contribution is -2.52. The van der Waals surface area contributed by atoms with Gasteiger partial charge in [-0.1, -0.05) is 44.5 Å². The first-order chi connectivity index (χ1) is 9.88. The molecule has 1 fully saturated rings. The smallest absolute Gasteiger partial charge is 0.0406 e. The third-order valence-electron chi connectivity index (χ3n) is 4.90. The van der Waals surface area contributed by atoms with E-state index in [1.807, 2.05) is 12.1 Å². The van der Waals surface area contributed by atoms with Crippen molar-refractivity contribution >= 4 is 11.6 Å². The largest absolute Gasteiger partial charge is 0.307 e. The molecule has 2 nitrogen and oxygen atoms in total. The molecule has 0 spiro atoms. The van der Waals surface area contributed by atoms with Crippen molar-refractivity contribution in [2.45, 2.75) is 52.2 Å². The van der Waals surface area contributed by atoms with Crippen LogP contribution >= 0.6 is 11.6 Å². The van der Waals surface area contributed by atoms with Crippen LogP contribution in [-0.4, -0.2) is 30.6 Å². The van der Waals surface area contributed by atoms with Crippen molar-refractivity contribution in [3.8, 4) is 0 Å². The molecule has 1 N–H and O–H groups in total. The number of hydrogen-bond donors (Lipinski definition) is 1. The average Bonchev–Trinajstić information content (AvgIpc) is 2.42. The molecule has 1 aromatic carbocycles. The maximum atomic E-state index is 6.02. The van der Waals surface area contributed by atoms with E-state index in [9.17, 15) is 0 Å². The Kier molecular flexibility index (Phi) is 5.70. The van der Waals surface area contributed by atoms with Crippen LogP contribution in [0.2, 0.25) is 5.02 Å². The number of piperidine rings is 1. The highest BCUT2D eigenvalue weighted by Gasteiger charge is 2.31. The van der Waals surface area contributed by atoms with E-state index in [1.54, 1.807) is 0 Å². The molecule has 4 atom stereocenters. The summed E-state index contributed by atoms with van der Waals surface area (Å²) in [6.45, 7) is 10.4. The summed E-state index contributed by atoms with van der Waals surface area (Å²) in [6.07, 6.45) is 1.22. The number of halogens is 1. The minimum absolute atomic E-state index is 0.394. The lowest BCUT2D eigenvalue weighted by Gasteiger charge is -2.42. The molecule has 21 heavy (non-hydrogen) atoms. The van der Waals surface area contributed by atoms with Crippen LogP contribution in [0.5, 0.6) is 0 Å². The van der Waals surface area contributed by atoms with E-state index >= 15 is 0 Å². The fraction of sp³-hybridized carbons (Fsp3) is 0.667. The maximum Gasteiger partial charge on any atom is 0.0406 e. The van der Waals surface area contributed by atoms with E-state index in [0.29, 0.717) is 30.0 Å². The van der Waals surface area contributed by atoms with Gasteiger partial charge < -0.3 is 10.2 Å². The normalized spacial score (nSPS) is 28.8. The molecule has 118 valence electrons. The predicted molar refractivity (Wildman–Crippen MR) is 91.8 cm³/mol. The SMILES string of the molecule is CC(C)C(NC1CC(C)N(C)CC1C)c1ccc(Cl)cc1. The summed E-state index contributed by atoms with van der Waals surface area (Å²) >= 11 is 6.02. The van der Waals surface area contributed by atoms with Gasteiger partial charge in [0.25, 0.3) is 0 Å². The summed E-state index contributed by atoms with van der Waals surface area (Å²) in [6, 6.07) is 9.93. The van der Waals surface area contributed by atoms with Crippen molar-refractivity contribution in [2.75, 3.05) is 13.6 Å². The van der Waals surface area contributed by atoms with Crippen LogP contribution in [0, 0.1) is 11.8 Å². The van der Waals surface area contributed by atoms with Crippen LogP contribution in [0.1, 0.15) is 45.7 Å². The first kappa shape index (κ1) is 16.8. The molecule has 2 rings (SSSR count). The second-order valence-electron chi connectivity index (χ2n) is 7.05. The maximum absolute atomic E-state index is 6.02. The molecule has 0 saturated carbocycles. The predicted octanol–water partition coefficient (Wildman–Crippen LogP) is 4.36. The van der Waals surface area contributed by atoms with Crippen LogP contribution in [0.15, 0.2) is 24.3 Å². The van der Waals surface area contributed by atoms with Crippen molar-refractivity contribution < 1.29 is 0 Å². The van der Waals surface area contributed by atoms with Crippen LogP contribution in [0.3, 0.4) is 0 Å². The number of hydrogen-bond acceptors (Lipinski definition) is 2. The zero-order valence-corrected chi connectivity index (χ0v) is 14.7. The van der Waals surface area contributed by atoms with Crippen molar-refractivity contribution in [1.82, 2.24) is 10.2 Å². The molecule has 3 heteroatoms. The van der Waals surface area contributed by atoms with Gasteiger partial charge in [0.15, 0.2) is 0 Å². The molecule has 1 aromatic rings. The minimum atomic E-state index is 0.394. The Morgan fingerprint density at radius 1 is 1.19 bits per heavy atom. The summed E-state index contributed by atoms with van der Waals surface area (Å²) < 4.78 is 0. The molecule has 1 aliphatic rings. The third-order valence-corrected chi connectivity index (χ3v) is 5.15. The van der Waals surface area contributed by atoms with Crippen molar-refractivity contribution in [3.63, 3.8) is 0 Å². The lowest BCUT2D eigenvalue weighted by molar-refractivity contribution is 0.111. The number of rotatable bonds is 4. The summed E-state index contributed by atoms with van der Waals surface area (Å²) in [5.41, 5.74) is 1.34. The Morgan fingerprint density at radius 3 is 2.38 bits per heavy atom. The second-order valence-corrected chi connectivity index (χ2v) is 7.48. The molecule has 1 heterocycles. The second kappa shape index (κ2) is 7.13. The number of benzene rings is 1.